The largest absolute Gasteiger partial charge is 0.345 e. The molecule has 1 aromatic rings. The van der Waals surface area contributed by atoms with Crippen LogP contribution in [0.3, 0.4) is 0 Å². The number of likely N-dealkylation sites (tertiary alicyclic amines) is 2. The van der Waals surface area contributed by atoms with Crippen LogP contribution in [0, 0.1) is 5.41 Å². The van der Waals surface area contributed by atoms with Crippen LogP contribution < -0.4 is 0 Å². The topological polar surface area (TPSA) is 52.2 Å². The van der Waals surface area contributed by atoms with Crippen molar-refractivity contribution in [2.75, 3.05) is 19.6 Å². The van der Waals surface area contributed by atoms with E-state index in [1.54, 1.807) is 0 Å². The number of unbranched alkanes of at least 4 members (excludes halogenated alkanes) is 1. The number of nitrogens with one attached hydrogen (secondary N) is 1. The molecule has 27 heavy (non-hydrogen) atoms. The van der Waals surface area contributed by atoms with Crippen LogP contribution in [0.2, 0.25) is 0 Å². The van der Waals surface area contributed by atoms with Crippen molar-refractivity contribution >= 4 is 5.91 Å². The Morgan fingerprint density at radius 2 is 2.04 bits per heavy atom. The normalized spacial score (nSPS) is 27.7. The predicted octanol–water partition coefficient (Wildman–Crippen LogP) is 3.90. The van der Waals surface area contributed by atoms with Crippen LogP contribution in [0.25, 0.3) is 0 Å². The molecule has 5 nitrogen and oxygen atoms in total. The lowest BCUT2D eigenvalue weighted by Crippen LogP contribution is -2.54. The van der Waals surface area contributed by atoms with Gasteiger partial charge in [-0.15, -0.1) is 0 Å². The molecule has 0 radical (unpaired) electrons. The summed E-state index contributed by atoms with van der Waals surface area (Å²) in [5.74, 6) is 1.58. The summed E-state index contributed by atoms with van der Waals surface area (Å²) in [6, 6.07) is 0.520. The quantitative estimate of drug-likeness (QED) is 0.824. The molecule has 2 aliphatic heterocycles. The first-order chi connectivity index (χ1) is 13.2. The van der Waals surface area contributed by atoms with Gasteiger partial charge in [-0.3, -0.25) is 9.69 Å². The van der Waals surface area contributed by atoms with E-state index >= 15 is 0 Å². The Labute approximate surface area is 163 Å². The second kappa shape index (κ2) is 8.34. The Hall–Kier alpha value is -1.36. The van der Waals surface area contributed by atoms with Gasteiger partial charge in [-0.1, -0.05) is 32.6 Å². The Kier molecular flexibility index (Phi) is 5.86. The highest BCUT2D eigenvalue weighted by Crippen LogP contribution is 2.42. The minimum Gasteiger partial charge on any atom is -0.345 e. The first-order valence-electron chi connectivity index (χ1n) is 11.3. The molecule has 1 aromatic heterocycles. The number of H-pyrrole nitrogens is 1. The zero-order chi connectivity index (χ0) is 18.7. The molecule has 0 aromatic carbocycles. The number of amides is 1. The van der Waals surface area contributed by atoms with Gasteiger partial charge in [0.05, 0.1) is 5.41 Å². The summed E-state index contributed by atoms with van der Waals surface area (Å²) in [5.41, 5.74) is 1.09. The molecule has 0 unspecified atom stereocenters. The third-order valence-corrected chi connectivity index (χ3v) is 7.06. The first-order valence-corrected chi connectivity index (χ1v) is 11.3. The molecule has 4 rings (SSSR count). The zero-order valence-electron chi connectivity index (χ0n) is 17.0. The summed E-state index contributed by atoms with van der Waals surface area (Å²) in [6.45, 7) is 6.07. The fraction of sp³-hybridized carbons (Fsp3) is 0.818. The van der Waals surface area contributed by atoms with Gasteiger partial charge in [0.1, 0.15) is 5.82 Å². The maximum atomic E-state index is 13.4. The van der Waals surface area contributed by atoms with Gasteiger partial charge < -0.3 is 9.88 Å². The number of hydrogen-bond donors (Lipinski definition) is 1. The summed E-state index contributed by atoms with van der Waals surface area (Å²) < 4.78 is 0. The number of nitrogens with zero attached hydrogens (tertiary/aromatic N) is 3. The van der Waals surface area contributed by atoms with E-state index in [0.717, 1.165) is 51.3 Å². The number of hydrogen-bond acceptors (Lipinski definition) is 3. The molecule has 0 bridgehead atoms. The van der Waals surface area contributed by atoms with Crippen LogP contribution in [0.1, 0.15) is 82.7 Å². The van der Waals surface area contributed by atoms with Gasteiger partial charge in [0.15, 0.2) is 0 Å². The van der Waals surface area contributed by atoms with Crippen molar-refractivity contribution in [3.8, 4) is 0 Å². The molecule has 1 saturated carbocycles. The molecule has 3 aliphatic rings. The van der Waals surface area contributed by atoms with E-state index in [1.807, 2.05) is 6.20 Å². The molecular weight excluding hydrogens is 336 g/mol. The van der Waals surface area contributed by atoms with E-state index in [0.29, 0.717) is 11.9 Å². The van der Waals surface area contributed by atoms with E-state index in [1.165, 1.54) is 57.1 Å². The van der Waals surface area contributed by atoms with Crippen molar-refractivity contribution in [2.24, 2.45) is 5.41 Å². The van der Waals surface area contributed by atoms with Crippen LogP contribution >= 0.6 is 0 Å². The summed E-state index contributed by atoms with van der Waals surface area (Å²) in [5, 5.41) is 0. The van der Waals surface area contributed by atoms with Gasteiger partial charge in [0.2, 0.25) is 5.91 Å². The Balaban J connectivity index is 1.37. The maximum absolute atomic E-state index is 13.4. The number of aryl methyl sites for hydroxylation is 1. The highest BCUT2D eigenvalue weighted by atomic mass is 16.2. The van der Waals surface area contributed by atoms with Gasteiger partial charge in [0, 0.05) is 44.0 Å². The number of piperidine rings is 1. The standard InChI is InChI=1S/C22H36N4O/c1-2-3-10-20-23-15-18(24-20)16-25-14-12-22(17-25)11-7-13-26(21(22)27)19-8-5-4-6-9-19/h15,19H,2-14,16-17H2,1H3,(H,23,24)/t22-/m1/s1. The Bertz CT molecular complexity index is 636. The molecule has 3 fully saturated rings. The number of aromatic nitrogens is 2. The first kappa shape index (κ1) is 19.0. The van der Waals surface area contributed by atoms with Crippen molar-refractivity contribution < 1.29 is 4.79 Å². The lowest BCUT2D eigenvalue weighted by Gasteiger charge is -2.44. The van der Waals surface area contributed by atoms with E-state index in [4.69, 9.17) is 0 Å². The average Bonchev–Trinajstić information content (AvgIpc) is 3.31. The highest BCUT2D eigenvalue weighted by Gasteiger charge is 2.49. The molecule has 1 aliphatic carbocycles. The second-order valence-electron chi connectivity index (χ2n) is 9.09. The molecule has 5 heteroatoms. The van der Waals surface area contributed by atoms with Crippen LogP contribution in [0.15, 0.2) is 6.20 Å². The van der Waals surface area contributed by atoms with Gasteiger partial charge in [-0.05, 0) is 45.1 Å². The van der Waals surface area contributed by atoms with E-state index in [-0.39, 0.29) is 5.41 Å². The van der Waals surface area contributed by atoms with Crippen molar-refractivity contribution in [3.05, 3.63) is 17.7 Å². The SMILES string of the molecule is CCCCc1ncc(CN2CC[C@]3(CCCN(C4CCCCC4)C3=O)C2)[nH]1. The van der Waals surface area contributed by atoms with E-state index < -0.39 is 0 Å². The summed E-state index contributed by atoms with van der Waals surface area (Å²) >= 11 is 0. The molecular formula is C22H36N4O. The summed E-state index contributed by atoms with van der Waals surface area (Å²) in [7, 11) is 0. The monoisotopic (exact) mass is 372 g/mol. The minimum absolute atomic E-state index is 0.110. The highest BCUT2D eigenvalue weighted by molar-refractivity contribution is 5.84. The van der Waals surface area contributed by atoms with Crippen LogP contribution in [-0.2, 0) is 17.8 Å². The van der Waals surface area contributed by atoms with Gasteiger partial charge >= 0.3 is 0 Å². The number of aromatic amines is 1. The molecule has 1 spiro atoms. The second-order valence-corrected chi connectivity index (χ2v) is 9.09. The summed E-state index contributed by atoms with van der Waals surface area (Å²) in [4.78, 5) is 26.2. The molecule has 1 amide bonds. The third kappa shape index (κ3) is 4.08. The zero-order valence-corrected chi connectivity index (χ0v) is 17.0. The Morgan fingerprint density at radius 3 is 2.85 bits per heavy atom. The van der Waals surface area contributed by atoms with Crippen molar-refractivity contribution in [3.63, 3.8) is 0 Å². The predicted molar refractivity (Wildman–Crippen MR) is 107 cm³/mol. The molecule has 3 heterocycles. The van der Waals surface area contributed by atoms with Crippen molar-refractivity contribution in [1.29, 1.82) is 0 Å². The molecule has 150 valence electrons. The van der Waals surface area contributed by atoms with E-state index in [2.05, 4.69) is 26.7 Å². The number of carbonyl (C=O) groups is 1. The van der Waals surface area contributed by atoms with Gasteiger partial charge in [0.25, 0.3) is 0 Å². The third-order valence-electron chi connectivity index (χ3n) is 7.06. The molecule has 1 N–H and O–H groups in total. The van der Waals surface area contributed by atoms with Crippen LogP contribution in [0.4, 0.5) is 0 Å². The molecule has 1 atom stereocenters. The van der Waals surface area contributed by atoms with Crippen LogP contribution in [-0.4, -0.2) is 51.4 Å². The molecule has 2 saturated heterocycles. The van der Waals surface area contributed by atoms with Crippen molar-refractivity contribution in [2.45, 2.75) is 90.1 Å². The van der Waals surface area contributed by atoms with Gasteiger partial charge in [-0.2, -0.15) is 0 Å². The fourth-order valence-corrected chi connectivity index (χ4v) is 5.51. The van der Waals surface area contributed by atoms with Crippen LogP contribution in [0.5, 0.6) is 0 Å². The number of rotatable bonds is 6. The average molecular weight is 373 g/mol. The van der Waals surface area contributed by atoms with E-state index in [9.17, 15) is 4.79 Å². The van der Waals surface area contributed by atoms with Gasteiger partial charge in [-0.25, -0.2) is 4.98 Å². The summed E-state index contributed by atoms with van der Waals surface area (Å²) in [6.07, 6.45) is 15.1. The minimum atomic E-state index is -0.110. The lowest BCUT2D eigenvalue weighted by atomic mass is 9.77. The number of imidazole rings is 1. The maximum Gasteiger partial charge on any atom is 0.230 e. The fourth-order valence-electron chi connectivity index (χ4n) is 5.51. The Morgan fingerprint density at radius 1 is 1.19 bits per heavy atom. The van der Waals surface area contributed by atoms with Crippen molar-refractivity contribution in [1.82, 2.24) is 19.8 Å². The number of carbonyl (C=O) groups excluding carboxylic acids is 1. The smallest absolute Gasteiger partial charge is 0.230 e. The lowest BCUT2D eigenvalue weighted by molar-refractivity contribution is -0.149.